The molecule has 0 unspecified atom stereocenters. The third kappa shape index (κ3) is 3.22. The number of amides is 2. The predicted octanol–water partition coefficient (Wildman–Crippen LogP) is -0.445. The number of hydrogen-bond donors (Lipinski definition) is 2. The fraction of sp³-hybridized carbons (Fsp3) is 0.467. The number of nitrogens with one attached hydrogen (secondary N) is 2. The minimum absolute atomic E-state index is 0.472. The van der Waals surface area contributed by atoms with Crippen LogP contribution in [-0.4, -0.2) is 56.0 Å². The Hall–Kier alpha value is -1.92. The topological polar surface area (TPSA) is 64.7 Å². The van der Waals surface area contributed by atoms with Gasteiger partial charge in [-0.2, -0.15) is 0 Å². The lowest BCUT2D eigenvalue weighted by Crippen LogP contribution is -2.52. The van der Waals surface area contributed by atoms with Crippen molar-refractivity contribution in [2.45, 2.75) is 6.54 Å². The summed E-state index contributed by atoms with van der Waals surface area (Å²) in [6, 6.07) is 7.92. The zero-order chi connectivity index (χ0) is 14.7. The molecule has 2 amide bonds. The van der Waals surface area contributed by atoms with Crippen molar-refractivity contribution in [1.82, 2.24) is 15.5 Å². The average molecular weight is 288 g/mol. The van der Waals surface area contributed by atoms with Crippen molar-refractivity contribution in [3.05, 3.63) is 29.8 Å². The van der Waals surface area contributed by atoms with E-state index < -0.39 is 11.8 Å². The molecule has 0 spiro atoms. The third-order valence-electron chi connectivity index (χ3n) is 3.90. The molecule has 0 saturated carbocycles. The van der Waals surface area contributed by atoms with Crippen molar-refractivity contribution in [3.8, 4) is 0 Å². The van der Waals surface area contributed by atoms with E-state index in [1.807, 2.05) is 18.2 Å². The van der Waals surface area contributed by atoms with E-state index in [1.54, 1.807) is 4.90 Å². The molecule has 2 aliphatic rings. The molecule has 0 aromatic heterocycles. The van der Waals surface area contributed by atoms with Crippen LogP contribution in [0.5, 0.6) is 0 Å². The van der Waals surface area contributed by atoms with Gasteiger partial charge >= 0.3 is 11.8 Å². The van der Waals surface area contributed by atoms with Gasteiger partial charge in [0, 0.05) is 51.5 Å². The highest BCUT2D eigenvalue weighted by atomic mass is 16.2. The Morgan fingerprint density at radius 1 is 1.05 bits per heavy atom. The first-order valence-corrected chi connectivity index (χ1v) is 7.36. The summed E-state index contributed by atoms with van der Waals surface area (Å²) in [4.78, 5) is 27.3. The van der Waals surface area contributed by atoms with Crippen LogP contribution in [0.25, 0.3) is 0 Å². The largest absolute Gasteiger partial charge is 0.346 e. The normalized spacial score (nSPS) is 20.5. The molecule has 2 saturated heterocycles. The molecule has 2 fully saturated rings. The lowest BCUT2D eigenvalue weighted by molar-refractivity contribution is -0.138. The fourth-order valence-corrected chi connectivity index (χ4v) is 2.78. The predicted molar refractivity (Wildman–Crippen MR) is 80.0 cm³/mol. The van der Waals surface area contributed by atoms with E-state index in [2.05, 4.69) is 21.6 Å². The Labute approximate surface area is 124 Å². The fourth-order valence-electron chi connectivity index (χ4n) is 2.78. The first kappa shape index (κ1) is 14.0. The van der Waals surface area contributed by atoms with Gasteiger partial charge < -0.3 is 15.5 Å². The second kappa shape index (κ2) is 6.24. The number of hydrogen-bond acceptors (Lipinski definition) is 4. The Balaban J connectivity index is 1.73. The number of carbonyl (C=O) groups excluding carboxylic acids is 2. The van der Waals surface area contributed by atoms with Crippen LogP contribution in [0.4, 0.5) is 5.69 Å². The maximum absolute atomic E-state index is 11.9. The number of piperazine rings is 2. The van der Waals surface area contributed by atoms with E-state index in [1.165, 1.54) is 5.56 Å². The molecule has 0 aliphatic carbocycles. The van der Waals surface area contributed by atoms with Crippen molar-refractivity contribution < 1.29 is 9.59 Å². The molecule has 0 radical (unpaired) electrons. The van der Waals surface area contributed by atoms with Gasteiger partial charge in [0.15, 0.2) is 0 Å². The Kier molecular flexibility index (Phi) is 4.17. The lowest BCUT2D eigenvalue weighted by Gasteiger charge is -2.29. The number of rotatable bonds is 3. The highest BCUT2D eigenvalue weighted by Gasteiger charge is 2.27. The van der Waals surface area contributed by atoms with Gasteiger partial charge in [-0.3, -0.25) is 14.5 Å². The summed E-state index contributed by atoms with van der Waals surface area (Å²) in [5.74, 6) is -0.991. The highest BCUT2D eigenvalue weighted by molar-refractivity contribution is 6.41. The molecule has 112 valence electrons. The van der Waals surface area contributed by atoms with Gasteiger partial charge in [-0.15, -0.1) is 0 Å². The number of anilines is 1. The van der Waals surface area contributed by atoms with Crippen molar-refractivity contribution in [3.63, 3.8) is 0 Å². The molecule has 0 atom stereocenters. The molecule has 0 bridgehead atoms. The Morgan fingerprint density at radius 3 is 2.67 bits per heavy atom. The van der Waals surface area contributed by atoms with E-state index >= 15 is 0 Å². The van der Waals surface area contributed by atoms with Crippen LogP contribution in [0.15, 0.2) is 24.3 Å². The second-order valence-electron chi connectivity index (χ2n) is 5.41. The van der Waals surface area contributed by atoms with E-state index in [9.17, 15) is 9.59 Å². The molecule has 6 nitrogen and oxygen atoms in total. The van der Waals surface area contributed by atoms with Gasteiger partial charge in [-0.05, 0) is 17.7 Å². The molecule has 1 aromatic carbocycles. The summed E-state index contributed by atoms with van der Waals surface area (Å²) in [7, 11) is 0. The van der Waals surface area contributed by atoms with Crippen LogP contribution >= 0.6 is 0 Å². The number of carbonyl (C=O) groups is 2. The average Bonchev–Trinajstić information content (AvgIpc) is 2.51. The van der Waals surface area contributed by atoms with Crippen molar-refractivity contribution in [2.75, 3.05) is 44.2 Å². The zero-order valence-electron chi connectivity index (χ0n) is 12.0. The van der Waals surface area contributed by atoms with Crippen LogP contribution < -0.4 is 15.5 Å². The van der Waals surface area contributed by atoms with Crippen LogP contribution in [0.2, 0.25) is 0 Å². The smallest absolute Gasteiger partial charge is 0.316 e. The number of nitrogens with zero attached hydrogens (tertiary/aromatic N) is 2. The van der Waals surface area contributed by atoms with Gasteiger partial charge in [0.2, 0.25) is 0 Å². The summed E-state index contributed by atoms with van der Waals surface area (Å²) >= 11 is 0. The highest BCUT2D eigenvalue weighted by Crippen LogP contribution is 2.18. The van der Waals surface area contributed by atoms with Gasteiger partial charge in [-0.1, -0.05) is 12.1 Å². The quantitative estimate of drug-likeness (QED) is 0.740. The van der Waals surface area contributed by atoms with E-state index in [4.69, 9.17) is 0 Å². The van der Waals surface area contributed by atoms with Gasteiger partial charge in [0.1, 0.15) is 0 Å². The molecule has 21 heavy (non-hydrogen) atoms. The maximum atomic E-state index is 11.9. The zero-order valence-corrected chi connectivity index (χ0v) is 12.0. The Morgan fingerprint density at radius 2 is 1.86 bits per heavy atom. The molecule has 1 aromatic rings. The summed E-state index contributed by atoms with van der Waals surface area (Å²) in [6.07, 6.45) is 0. The summed E-state index contributed by atoms with van der Waals surface area (Å²) in [6.45, 7) is 6.03. The van der Waals surface area contributed by atoms with Crippen molar-refractivity contribution in [1.29, 1.82) is 0 Å². The van der Waals surface area contributed by atoms with Gasteiger partial charge in [0.25, 0.3) is 0 Å². The standard InChI is InChI=1S/C15H20N4O2/c20-14-15(21)19(9-6-17-14)13-3-1-2-12(10-13)11-18-7-4-16-5-8-18/h1-3,10,16H,4-9,11H2,(H,17,20). The van der Waals surface area contributed by atoms with Crippen LogP contribution in [-0.2, 0) is 16.1 Å². The minimum atomic E-state index is -0.520. The Bertz CT molecular complexity index is 540. The minimum Gasteiger partial charge on any atom is -0.346 e. The van der Waals surface area contributed by atoms with Crippen LogP contribution in [0.3, 0.4) is 0 Å². The second-order valence-corrected chi connectivity index (χ2v) is 5.41. The molecular formula is C15H20N4O2. The van der Waals surface area contributed by atoms with E-state index in [-0.39, 0.29) is 0 Å². The molecule has 3 rings (SSSR count). The van der Waals surface area contributed by atoms with Crippen LogP contribution in [0.1, 0.15) is 5.56 Å². The van der Waals surface area contributed by atoms with Crippen LogP contribution in [0, 0.1) is 0 Å². The van der Waals surface area contributed by atoms with Crippen molar-refractivity contribution >= 4 is 17.5 Å². The third-order valence-corrected chi connectivity index (χ3v) is 3.90. The summed E-state index contributed by atoms with van der Waals surface area (Å²) < 4.78 is 0. The van der Waals surface area contributed by atoms with Gasteiger partial charge in [-0.25, -0.2) is 0 Å². The molecular weight excluding hydrogens is 268 g/mol. The first-order valence-electron chi connectivity index (χ1n) is 7.36. The van der Waals surface area contributed by atoms with E-state index in [0.29, 0.717) is 13.1 Å². The monoisotopic (exact) mass is 288 g/mol. The molecule has 2 aliphatic heterocycles. The molecule has 2 heterocycles. The van der Waals surface area contributed by atoms with E-state index in [0.717, 1.165) is 38.4 Å². The van der Waals surface area contributed by atoms with Crippen molar-refractivity contribution in [2.24, 2.45) is 0 Å². The van der Waals surface area contributed by atoms with Gasteiger partial charge in [0.05, 0.1) is 0 Å². The number of benzene rings is 1. The SMILES string of the molecule is O=C1NCCN(c2cccc(CN3CCNCC3)c2)C1=O. The summed E-state index contributed by atoms with van der Waals surface area (Å²) in [5, 5.41) is 5.90. The first-order chi connectivity index (χ1) is 10.2. The lowest BCUT2D eigenvalue weighted by atomic mass is 10.1. The maximum Gasteiger partial charge on any atom is 0.316 e. The molecule has 2 N–H and O–H groups in total. The summed E-state index contributed by atoms with van der Waals surface area (Å²) in [5.41, 5.74) is 1.98. The molecule has 6 heteroatoms.